The molecule has 0 spiro atoms. The summed E-state index contributed by atoms with van der Waals surface area (Å²) in [4.78, 5) is 16.4. The molecule has 0 saturated heterocycles. The summed E-state index contributed by atoms with van der Waals surface area (Å²) in [5, 5.41) is 9.59. The van der Waals surface area contributed by atoms with Gasteiger partial charge in [0.05, 0.1) is 7.11 Å². The molecule has 3 N–H and O–H groups in total. The highest BCUT2D eigenvalue weighted by molar-refractivity contribution is 14.0. The molecule has 7 nitrogen and oxygen atoms in total. The van der Waals surface area contributed by atoms with Gasteiger partial charge in [-0.25, -0.2) is 0 Å². The summed E-state index contributed by atoms with van der Waals surface area (Å²) in [5.41, 5.74) is 2.43. The average Bonchev–Trinajstić information content (AvgIpc) is 3.63. The molecule has 1 amide bonds. The Hall–Kier alpha value is -2.49. The summed E-state index contributed by atoms with van der Waals surface area (Å²) in [6.07, 6.45) is 3.90. The van der Waals surface area contributed by atoms with Crippen molar-refractivity contribution in [2.24, 2.45) is 4.99 Å². The molecule has 180 valence electrons. The number of nitrogens with one attached hydrogen (secondary N) is 3. The second kappa shape index (κ2) is 14.6. The van der Waals surface area contributed by atoms with Crippen molar-refractivity contribution in [3.63, 3.8) is 0 Å². The topological polar surface area (TPSA) is 84.0 Å². The zero-order chi connectivity index (χ0) is 22.6. The van der Waals surface area contributed by atoms with Gasteiger partial charge in [-0.15, -0.1) is 24.0 Å². The molecule has 8 heteroatoms. The predicted molar refractivity (Wildman–Crippen MR) is 143 cm³/mol. The normalized spacial score (nSPS) is 13.0. The monoisotopic (exact) mass is 566 g/mol. The minimum absolute atomic E-state index is 0. The number of halogens is 1. The summed E-state index contributed by atoms with van der Waals surface area (Å²) in [6, 6.07) is 16.3. The first kappa shape index (κ1) is 26.8. The number of aliphatic imine (C=N–C) groups is 1. The molecule has 0 bridgehead atoms. The van der Waals surface area contributed by atoms with E-state index in [0.29, 0.717) is 18.3 Å². The molecule has 0 aromatic heterocycles. The number of methoxy groups -OCH3 is 1. The van der Waals surface area contributed by atoms with Crippen molar-refractivity contribution < 1.29 is 14.3 Å². The summed E-state index contributed by atoms with van der Waals surface area (Å²) in [5.74, 6) is 2.34. The Morgan fingerprint density at radius 3 is 2.21 bits per heavy atom. The van der Waals surface area contributed by atoms with Gasteiger partial charge in [0, 0.05) is 25.7 Å². The van der Waals surface area contributed by atoms with Crippen LogP contribution in [0.4, 0.5) is 0 Å². The zero-order valence-electron chi connectivity index (χ0n) is 19.4. The summed E-state index contributed by atoms with van der Waals surface area (Å²) in [7, 11) is 1.68. The SMILES string of the molecule is CCNC(=NCCc1ccc(OCC(=O)NC2CC2)cc1)NCCc1ccc(OC)cc1.I. The van der Waals surface area contributed by atoms with Gasteiger partial charge in [0.25, 0.3) is 5.91 Å². The van der Waals surface area contributed by atoms with Crippen molar-refractivity contribution in [1.82, 2.24) is 16.0 Å². The standard InChI is InChI=1S/C25H34N4O3.HI/c1-3-26-25(27-16-14-19-4-10-22(31-2)11-5-19)28-17-15-20-6-12-23(13-7-20)32-18-24(30)29-21-8-9-21;/h4-7,10-13,21H,3,8-9,14-18H2,1-2H3,(H,29,30)(H2,26,27,28);1H. The van der Waals surface area contributed by atoms with E-state index in [9.17, 15) is 4.79 Å². The van der Waals surface area contributed by atoms with Crippen LogP contribution in [0.1, 0.15) is 30.9 Å². The van der Waals surface area contributed by atoms with Crippen LogP contribution in [0.15, 0.2) is 53.5 Å². The summed E-state index contributed by atoms with van der Waals surface area (Å²) < 4.78 is 10.8. The van der Waals surface area contributed by atoms with E-state index in [1.54, 1.807) is 7.11 Å². The summed E-state index contributed by atoms with van der Waals surface area (Å²) in [6.45, 7) is 4.42. The number of ether oxygens (including phenoxy) is 2. The predicted octanol–water partition coefficient (Wildman–Crippen LogP) is 3.31. The molecule has 0 aliphatic heterocycles. The van der Waals surface area contributed by atoms with Gasteiger partial charge in [-0.05, 0) is 68.0 Å². The van der Waals surface area contributed by atoms with Gasteiger partial charge in [0.1, 0.15) is 11.5 Å². The van der Waals surface area contributed by atoms with Crippen molar-refractivity contribution in [1.29, 1.82) is 0 Å². The van der Waals surface area contributed by atoms with Crippen LogP contribution >= 0.6 is 24.0 Å². The number of nitrogens with zero attached hydrogens (tertiary/aromatic N) is 1. The van der Waals surface area contributed by atoms with Crippen molar-refractivity contribution in [2.45, 2.75) is 38.6 Å². The first-order chi connectivity index (χ1) is 15.7. The molecule has 3 rings (SSSR count). The number of hydrogen-bond donors (Lipinski definition) is 3. The highest BCUT2D eigenvalue weighted by Gasteiger charge is 2.23. The number of benzene rings is 2. The smallest absolute Gasteiger partial charge is 0.258 e. The van der Waals surface area contributed by atoms with Gasteiger partial charge < -0.3 is 25.4 Å². The second-order valence-electron chi connectivity index (χ2n) is 7.81. The molecular formula is C25H35IN4O3. The third-order valence-electron chi connectivity index (χ3n) is 5.12. The fourth-order valence-corrected chi connectivity index (χ4v) is 3.15. The van der Waals surface area contributed by atoms with Gasteiger partial charge in [0.2, 0.25) is 0 Å². The van der Waals surface area contributed by atoms with Crippen LogP contribution in [0.5, 0.6) is 11.5 Å². The molecule has 1 fully saturated rings. The van der Waals surface area contributed by atoms with E-state index in [1.165, 1.54) is 11.1 Å². The number of guanidine groups is 1. The molecule has 1 saturated carbocycles. The third kappa shape index (κ3) is 10.3. The van der Waals surface area contributed by atoms with Gasteiger partial charge >= 0.3 is 0 Å². The quantitative estimate of drug-likeness (QED) is 0.209. The molecule has 33 heavy (non-hydrogen) atoms. The highest BCUT2D eigenvalue weighted by atomic mass is 127. The molecule has 2 aromatic rings. The van der Waals surface area contributed by atoms with Gasteiger partial charge in [-0.2, -0.15) is 0 Å². The second-order valence-corrected chi connectivity index (χ2v) is 7.81. The van der Waals surface area contributed by atoms with Crippen molar-refractivity contribution in [2.75, 3.05) is 33.4 Å². The molecule has 0 radical (unpaired) electrons. The molecule has 0 atom stereocenters. The van der Waals surface area contributed by atoms with E-state index in [4.69, 9.17) is 9.47 Å². The maximum Gasteiger partial charge on any atom is 0.258 e. The van der Waals surface area contributed by atoms with E-state index in [1.807, 2.05) is 36.4 Å². The largest absolute Gasteiger partial charge is 0.497 e. The van der Waals surface area contributed by atoms with Crippen LogP contribution < -0.4 is 25.4 Å². The maximum atomic E-state index is 11.7. The highest BCUT2D eigenvalue weighted by Crippen LogP contribution is 2.18. The maximum absolute atomic E-state index is 11.7. The number of rotatable bonds is 12. The Morgan fingerprint density at radius 1 is 0.970 bits per heavy atom. The van der Waals surface area contributed by atoms with E-state index >= 15 is 0 Å². The van der Waals surface area contributed by atoms with E-state index in [2.05, 4.69) is 40.0 Å². The number of carbonyl (C=O) groups is 1. The Morgan fingerprint density at radius 2 is 1.61 bits per heavy atom. The van der Waals surface area contributed by atoms with E-state index < -0.39 is 0 Å². The van der Waals surface area contributed by atoms with Gasteiger partial charge in [0.15, 0.2) is 12.6 Å². The Kier molecular flexibility index (Phi) is 11.9. The Bertz CT molecular complexity index is 868. The molecule has 2 aromatic carbocycles. The molecule has 0 unspecified atom stereocenters. The number of carbonyl (C=O) groups excluding carboxylic acids is 1. The van der Waals surface area contributed by atoms with E-state index in [0.717, 1.165) is 50.5 Å². The number of amides is 1. The molecule has 1 aliphatic rings. The average molecular weight is 566 g/mol. The van der Waals surface area contributed by atoms with Crippen molar-refractivity contribution in [3.8, 4) is 11.5 Å². The lowest BCUT2D eigenvalue weighted by molar-refractivity contribution is -0.123. The zero-order valence-corrected chi connectivity index (χ0v) is 21.8. The van der Waals surface area contributed by atoms with Gasteiger partial charge in [-0.1, -0.05) is 24.3 Å². The Labute approximate surface area is 213 Å². The fraction of sp³-hybridized carbons (Fsp3) is 0.440. The van der Waals surface area contributed by atoms with Crippen LogP contribution in [-0.4, -0.2) is 51.3 Å². The van der Waals surface area contributed by atoms with Crippen molar-refractivity contribution in [3.05, 3.63) is 59.7 Å². The first-order valence-electron chi connectivity index (χ1n) is 11.3. The Balaban J connectivity index is 0.00000385. The van der Waals surface area contributed by atoms with Crippen molar-refractivity contribution >= 4 is 35.8 Å². The fourth-order valence-electron chi connectivity index (χ4n) is 3.15. The van der Waals surface area contributed by atoms with Gasteiger partial charge in [-0.3, -0.25) is 9.79 Å². The third-order valence-corrected chi connectivity index (χ3v) is 5.12. The van der Waals surface area contributed by atoms with Crippen LogP contribution in [0.2, 0.25) is 0 Å². The lowest BCUT2D eigenvalue weighted by atomic mass is 10.1. The first-order valence-corrected chi connectivity index (χ1v) is 11.3. The minimum atomic E-state index is -0.0543. The molecule has 1 aliphatic carbocycles. The summed E-state index contributed by atoms with van der Waals surface area (Å²) >= 11 is 0. The minimum Gasteiger partial charge on any atom is -0.497 e. The lowest BCUT2D eigenvalue weighted by Crippen LogP contribution is -2.38. The van der Waals surface area contributed by atoms with Crippen LogP contribution in [0.3, 0.4) is 0 Å². The van der Waals surface area contributed by atoms with Crippen LogP contribution in [-0.2, 0) is 17.6 Å². The van der Waals surface area contributed by atoms with Crippen LogP contribution in [0.25, 0.3) is 0 Å². The molecule has 0 heterocycles. The molecular weight excluding hydrogens is 531 g/mol. The van der Waals surface area contributed by atoms with Crippen LogP contribution in [0, 0.1) is 0 Å². The van der Waals surface area contributed by atoms with E-state index in [-0.39, 0.29) is 36.5 Å². The number of hydrogen-bond acceptors (Lipinski definition) is 4. The lowest BCUT2D eigenvalue weighted by Gasteiger charge is -2.12.